The molecule has 2 heterocycles. The number of nitrogens with zero attached hydrogens (tertiary/aromatic N) is 2. The number of benzene rings is 1. The lowest BCUT2D eigenvalue weighted by molar-refractivity contribution is -0.134. The molecule has 0 unspecified atom stereocenters. The van der Waals surface area contributed by atoms with Crippen LogP contribution in [0.25, 0.3) is 11.1 Å². The minimum Gasteiger partial charge on any atom is -0.408 e. The number of carbonyl (C=O) groups is 2. The fourth-order valence-corrected chi connectivity index (χ4v) is 3.08. The van der Waals surface area contributed by atoms with Crippen molar-refractivity contribution in [3.63, 3.8) is 0 Å². The summed E-state index contributed by atoms with van der Waals surface area (Å²) in [5, 5.41) is 2.93. The average molecular weight is 331 g/mol. The average Bonchev–Trinajstić information content (AvgIpc) is 2.86. The van der Waals surface area contributed by atoms with Crippen molar-refractivity contribution in [2.75, 3.05) is 13.1 Å². The zero-order valence-electron chi connectivity index (χ0n) is 13.9. The predicted molar refractivity (Wildman–Crippen MR) is 88.3 cm³/mol. The second-order valence-electron chi connectivity index (χ2n) is 6.23. The van der Waals surface area contributed by atoms with E-state index in [1.54, 1.807) is 24.9 Å². The van der Waals surface area contributed by atoms with Gasteiger partial charge in [-0.2, -0.15) is 0 Å². The van der Waals surface area contributed by atoms with Crippen molar-refractivity contribution >= 4 is 22.9 Å². The van der Waals surface area contributed by atoms with Crippen LogP contribution < -0.4 is 11.1 Å². The maximum atomic E-state index is 12.3. The molecule has 2 amide bonds. The molecule has 128 valence electrons. The molecule has 7 heteroatoms. The summed E-state index contributed by atoms with van der Waals surface area (Å²) in [7, 11) is 1.66. The zero-order valence-corrected chi connectivity index (χ0v) is 13.9. The van der Waals surface area contributed by atoms with Crippen LogP contribution in [0.5, 0.6) is 0 Å². The SMILES string of the molecule is CC(=O)N1CCC(C(=O)NCc2ccc3c(c2)oc(=O)n3C)CC1. The number of nitrogens with one attached hydrogen (secondary N) is 1. The highest BCUT2D eigenvalue weighted by molar-refractivity contribution is 5.80. The normalized spacial score (nSPS) is 15.7. The Hall–Kier alpha value is -2.57. The number of likely N-dealkylation sites (tertiary alicyclic amines) is 1. The van der Waals surface area contributed by atoms with Gasteiger partial charge < -0.3 is 14.6 Å². The van der Waals surface area contributed by atoms with Gasteiger partial charge in [0.2, 0.25) is 11.8 Å². The van der Waals surface area contributed by atoms with E-state index in [0.717, 1.165) is 11.1 Å². The van der Waals surface area contributed by atoms with Gasteiger partial charge in [-0.15, -0.1) is 0 Å². The lowest BCUT2D eigenvalue weighted by Gasteiger charge is -2.30. The van der Waals surface area contributed by atoms with Gasteiger partial charge in [0.1, 0.15) is 0 Å². The van der Waals surface area contributed by atoms with E-state index in [-0.39, 0.29) is 17.7 Å². The minimum atomic E-state index is -0.400. The number of amides is 2. The molecule has 0 bridgehead atoms. The third kappa shape index (κ3) is 3.20. The van der Waals surface area contributed by atoms with E-state index >= 15 is 0 Å². The first-order valence-electron chi connectivity index (χ1n) is 8.07. The predicted octanol–water partition coefficient (Wildman–Crippen LogP) is 1.01. The van der Waals surface area contributed by atoms with Gasteiger partial charge >= 0.3 is 5.76 Å². The van der Waals surface area contributed by atoms with Crippen LogP contribution in [0, 0.1) is 5.92 Å². The van der Waals surface area contributed by atoms with Gasteiger partial charge in [-0.25, -0.2) is 4.79 Å². The lowest BCUT2D eigenvalue weighted by atomic mass is 9.96. The highest BCUT2D eigenvalue weighted by Gasteiger charge is 2.25. The molecule has 1 aliphatic rings. The lowest BCUT2D eigenvalue weighted by Crippen LogP contribution is -2.42. The Morgan fingerprint density at radius 3 is 2.67 bits per heavy atom. The Balaban J connectivity index is 1.58. The maximum Gasteiger partial charge on any atom is 0.419 e. The fraction of sp³-hybridized carbons (Fsp3) is 0.471. The first kappa shape index (κ1) is 16.3. The number of aryl methyl sites for hydroxylation is 1. The smallest absolute Gasteiger partial charge is 0.408 e. The molecule has 1 aromatic heterocycles. The Morgan fingerprint density at radius 1 is 1.29 bits per heavy atom. The van der Waals surface area contributed by atoms with Gasteiger partial charge in [0.05, 0.1) is 5.52 Å². The number of hydrogen-bond donors (Lipinski definition) is 1. The quantitative estimate of drug-likeness (QED) is 0.909. The molecule has 24 heavy (non-hydrogen) atoms. The molecule has 0 atom stereocenters. The summed E-state index contributed by atoms with van der Waals surface area (Å²) < 4.78 is 6.60. The number of aromatic nitrogens is 1. The summed E-state index contributed by atoms with van der Waals surface area (Å²) in [6, 6.07) is 5.46. The fourth-order valence-electron chi connectivity index (χ4n) is 3.08. The molecule has 7 nitrogen and oxygen atoms in total. The van der Waals surface area contributed by atoms with E-state index in [4.69, 9.17) is 4.42 Å². The van der Waals surface area contributed by atoms with Crippen LogP contribution >= 0.6 is 0 Å². The summed E-state index contributed by atoms with van der Waals surface area (Å²) in [4.78, 5) is 36.9. The molecule has 0 saturated carbocycles. The number of carbonyl (C=O) groups excluding carboxylic acids is 2. The first-order chi connectivity index (χ1) is 11.5. The number of fused-ring (bicyclic) bond motifs is 1. The second kappa shape index (κ2) is 6.51. The number of piperidine rings is 1. The Bertz CT molecular complexity index is 828. The third-order valence-electron chi connectivity index (χ3n) is 4.63. The van der Waals surface area contributed by atoms with E-state index in [1.807, 2.05) is 12.1 Å². The number of oxazole rings is 1. The molecule has 0 aliphatic carbocycles. The van der Waals surface area contributed by atoms with Crippen molar-refractivity contribution in [1.82, 2.24) is 14.8 Å². The summed E-state index contributed by atoms with van der Waals surface area (Å²) in [6.07, 6.45) is 1.38. The van der Waals surface area contributed by atoms with Gasteiger partial charge in [0.25, 0.3) is 0 Å². The van der Waals surface area contributed by atoms with E-state index in [1.165, 1.54) is 4.57 Å². The zero-order chi connectivity index (χ0) is 17.3. The van der Waals surface area contributed by atoms with Crippen LogP contribution in [0.3, 0.4) is 0 Å². The van der Waals surface area contributed by atoms with Gasteiger partial charge in [-0.05, 0) is 30.5 Å². The number of hydrogen-bond acceptors (Lipinski definition) is 4. The standard InChI is InChI=1S/C17H21N3O4/c1-11(21)20-7-5-13(6-8-20)16(22)18-10-12-3-4-14-15(9-12)24-17(23)19(14)2/h3-4,9,13H,5-8,10H2,1-2H3,(H,18,22). The summed E-state index contributed by atoms with van der Waals surface area (Å²) in [5.41, 5.74) is 2.13. The van der Waals surface area contributed by atoms with Crippen LogP contribution in [0.15, 0.2) is 27.4 Å². The third-order valence-corrected chi connectivity index (χ3v) is 4.63. The van der Waals surface area contributed by atoms with Crippen LogP contribution in [0.2, 0.25) is 0 Å². The number of rotatable bonds is 3. The topological polar surface area (TPSA) is 84.6 Å². The minimum absolute atomic E-state index is 0.00723. The second-order valence-corrected chi connectivity index (χ2v) is 6.23. The summed E-state index contributed by atoms with van der Waals surface area (Å²) >= 11 is 0. The molecule has 1 aliphatic heterocycles. The molecular weight excluding hydrogens is 310 g/mol. The van der Waals surface area contributed by atoms with Crippen LogP contribution in [0.4, 0.5) is 0 Å². The molecule has 0 spiro atoms. The molecule has 0 radical (unpaired) electrons. The van der Waals surface area contributed by atoms with Crippen molar-refractivity contribution < 1.29 is 14.0 Å². The molecule has 1 N–H and O–H groups in total. The Labute approximate surface area is 139 Å². The van der Waals surface area contributed by atoms with Crippen LogP contribution in [-0.4, -0.2) is 34.4 Å². The van der Waals surface area contributed by atoms with E-state index in [0.29, 0.717) is 38.1 Å². The van der Waals surface area contributed by atoms with Crippen LogP contribution in [-0.2, 0) is 23.2 Å². The van der Waals surface area contributed by atoms with Gasteiger partial charge in [0.15, 0.2) is 5.58 Å². The molecule has 2 aromatic rings. The monoisotopic (exact) mass is 331 g/mol. The summed E-state index contributed by atoms with van der Waals surface area (Å²) in [5.74, 6) is -0.387. The van der Waals surface area contributed by atoms with Crippen molar-refractivity contribution in [3.05, 3.63) is 34.3 Å². The van der Waals surface area contributed by atoms with Gasteiger partial charge in [-0.3, -0.25) is 14.2 Å². The van der Waals surface area contributed by atoms with E-state index in [9.17, 15) is 14.4 Å². The first-order valence-corrected chi connectivity index (χ1v) is 8.07. The van der Waals surface area contributed by atoms with Crippen LogP contribution in [0.1, 0.15) is 25.3 Å². The van der Waals surface area contributed by atoms with Crippen molar-refractivity contribution in [3.8, 4) is 0 Å². The molecular formula is C17H21N3O4. The molecule has 1 aromatic carbocycles. The highest BCUT2D eigenvalue weighted by Crippen LogP contribution is 2.18. The highest BCUT2D eigenvalue weighted by atomic mass is 16.4. The largest absolute Gasteiger partial charge is 0.419 e. The molecule has 3 rings (SSSR count). The van der Waals surface area contributed by atoms with Gasteiger partial charge in [0, 0.05) is 39.5 Å². The Kier molecular flexibility index (Phi) is 4.42. The van der Waals surface area contributed by atoms with Crippen molar-refractivity contribution in [2.24, 2.45) is 13.0 Å². The maximum absolute atomic E-state index is 12.3. The molecule has 1 fully saturated rings. The van der Waals surface area contributed by atoms with Crippen molar-refractivity contribution in [2.45, 2.75) is 26.3 Å². The van der Waals surface area contributed by atoms with Gasteiger partial charge in [-0.1, -0.05) is 6.07 Å². The van der Waals surface area contributed by atoms with E-state index in [2.05, 4.69) is 5.32 Å². The van der Waals surface area contributed by atoms with Crippen molar-refractivity contribution in [1.29, 1.82) is 0 Å². The summed E-state index contributed by atoms with van der Waals surface area (Å²) in [6.45, 7) is 3.21. The Morgan fingerprint density at radius 2 is 2.00 bits per heavy atom. The molecule has 1 saturated heterocycles. The van der Waals surface area contributed by atoms with E-state index < -0.39 is 5.76 Å².